The van der Waals surface area contributed by atoms with Crippen LogP contribution in [-0.4, -0.2) is 25.8 Å². The van der Waals surface area contributed by atoms with E-state index in [4.69, 9.17) is 5.73 Å². The highest BCUT2D eigenvalue weighted by atomic mass is 15.3. The van der Waals surface area contributed by atoms with Crippen molar-refractivity contribution in [3.05, 3.63) is 24.5 Å². The standard InChI is InChI=1S/C15H24N6/c1-11(2)6-4-7-12(3)18-13-10-14(20-15(16)19-13)21-9-5-8-17-21/h5,8-12H,4,6-7H2,1-3H3,(H3,16,18,19,20). The van der Waals surface area contributed by atoms with Gasteiger partial charge in [-0.15, -0.1) is 0 Å². The van der Waals surface area contributed by atoms with Gasteiger partial charge in [0.25, 0.3) is 0 Å². The van der Waals surface area contributed by atoms with Gasteiger partial charge in [0, 0.05) is 24.5 Å². The van der Waals surface area contributed by atoms with Gasteiger partial charge in [-0.2, -0.15) is 15.1 Å². The van der Waals surface area contributed by atoms with Gasteiger partial charge in [-0.1, -0.05) is 26.7 Å². The van der Waals surface area contributed by atoms with E-state index in [2.05, 4.69) is 41.2 Å². The van der Waals surface area contributed by atoms with Crippen LogP contribution >= 0.6 is 0 Å². The number of hydrogen-bond donors (Lipinski definition) is 2. The third-order valence-corrected chi connectivity index (χ3v) is 3.28. The lowest BCUT2D eigenvalue weighted by Gasteiger charge is -2.16. The summed E-state index contributed by atoms with van der Waals surface area (Å²) < 4.78 is 1.67. The molecule has 0 fully saturated rings. The molecule has 2 aromatic rings. The van der Waals surface area contributed by atoms with Gasteiger partial charge in [-0.05, 0) is 25.3 Å². The topological polar surface area (TPSA) is 81.7 Å². The summed E-state index contributed by atoms with van der Waals surface area (Å²) in [6.07, 6.45) is 7.10. The van der Waals surface area contributed by atoms with Crippen molar-refractivity contribution in [2.75, 3.05) is 11.1 Å². The van der Waals surface area contributed by atoms with Crippen LogP contribution in [0.1, 0.15) is 40.0 Å². The van der Waals surface area contributed by atoms with E-state index >= 15 is 0 Å². The first-order valence-electron chi connectivity index (χ1n) is 7.45. The first kappa shape index (κ1) is 15.3. The molecule has 1 atom stereocenters. The molecule has 0 aliphatic carbocycles. The zero-order valence-electron chi connectivity index (χ0n) is 13.0. The molecule has 2 heterocycles. The Balaban J connectivity index is 2.00. The molecule has 2 rings (SSSR count). The Hall–Kier alpha value is -2.11. The van der Waals surface area contributed by atoms with Gasteiger partial charge in [0.15, 0.2) is 5.82 Å². The Morgan fingerprint density at radius 2 is 2.05 bits per heavy atom. The molecule has 0 bridgehead atoms. The highest BCUT2D eigenvalue weighted by Crippen LogP contribution is 2.15. The number of nitrogens with one attached hydrogen (secondary N) is 1. The molecule has 0 spiro atoms. The van der Waals surface area contributed by atoms with E-state index in [1.54, 1.807) is 10.9 Å². The number of hydrogen-bond acceptors (Lipinski definition) is 5. The van der Waals surface area contributed by atoms with Crippen LogP contribution in [0.5, 0.6) is 0 Å². The monoisotopic (exact) mass is 288 g/mol. The molecule has 0 aliphatic rings. The highest BCUT2D eigenvalue weighted by molar-refractivity contribution is 5.45. The highest BCUT2D eigenvalue weighted by Gasteiger charge is 2.08. The molecule has 0 amide bonds. The minimum atomic E-state index is 0.250. The van der Waals surface area contributed by atoms with E-state index in [1.165, 1.54) is 12.8 Å². The van der Waals surface area contributed by atoms with Gasteiger partial charge in [-0.25, -0.2) is 4.68 Å². The second kappa shape index (κ2) is 7.06. The molecule has 2 aromatic heterocycles. The zero-order valence-corrected chi connectivity index (χ0v) is 13.0. The van der Waals surface area contributed by atoms with E-state index in [1.807, 2.05) is 18.3 Å². The van der Waals surface area contributed by atoms with E-state index in [0.717, 1.165) is 18.2 Å². The van der Waals surface area contributed by atoms with Crippen LogP contribution in [0, 0.1) is 5.92 Å². The van der Waals surface area contributed by atoms with Crippen molar-refractivity contribution in [3.8, 4) is 5.82 Å². The Kier molecular flexibility index (Phi) is 5.14. The van der Waals surface area contributed by atoms with Crippen molar-refractivity contribution >= 4 is 11.8 Å². The Morgan fingerprint density at radius 3 is 2.71 bits per heavy atom. The SMILES string of the molecule is CC(C)CCCC(C)Nc1cc(-n2cccn2)nc(N)n1. The molecule has 0 saturated heterocycles. The molecule has 3 N–H and O–H groups in total. The predicted octanol–water partition coefficient (Wildman–Crippen LogP) is 2.87. The summed E-state index contributed by atoms with van der Waals surface area (Å²) in [6, 6.07) is 4.06. The largest absolute Gasteiger partial charge is 0.368 e. The van der Waals surface area contributed by atoms with Gasteiger partial charge in [0.05, 0.1) is 0 Å². The lowest BCUT2D eigenvalue weighted by molar-refractivity contribution is 0.520. The van der Waals surface area contributed by atoms with Crippen LogP contribution in [0.25, 0.3) is 5.82 Å². The van der Waals surface area contributed by atoms with Crippen molar-refractivity contribution in [1.29, 1.82) is 0 Å². The fourth-order valence-corrected chi connectivity index (χ4v) is 2.21. The minimum absolute atomic E-state index is 0.250. The van der Waals surface area contributed by atoms with Crippen LogP contribution in [0.3, 0.4) is 0 Å². The predicted molar refractivity (Wildman–Crippen MR) is 85.3 cm³/mol. The summed E-state index contributed by atoms with van der Waals surface area (Å²) in [7, 11) is 0. The zero-order chi connectivity index (χ0) is 15.2. The Labute approximate surface area is 125 Å². The number of nitrogens with zero attached hydrogens (tertiary/aromatic N) is 4. The van der Waals surface area contributed by atoms with E-state index in [-0.39, 0.29) is 5.95 Å². The van der Waals surface area contributed by atoms with Crippen molar-refractivity contribution in [1.82, 2.24) is 19.7 Å². The van der Waals surface area contributed by atoms with Crippen molar-refractivity contribution < 1.29 is 0 Å². The quantitative estimate of drug-likeness (QED) is 0.818. The van der Waals surface area contributed by atoms with Gasteiger partial charge >= 0.3 is 0 Å². The molecule has 114 valence electrons. The molecule has 0 aromatic carbocycles. The molecular weight excluding hydrogens is 264 g/mol. The molecule has 1 unspecified atom stereocenters. The van der Waals surface area contributed by atoms with Crippen LogP contribution in [0.2, 0.25) is 0 Å². The van der Waals surface area contributed by atoms with Crippen LogP contribution in [-0.2, 0) is 0 Å². The van der Waals surface area contributed by atoms with Crippen LogP contribution in [0.15, 0.2) is 24.5 Å². The Bertz CT molecular complexity index is 549. The van der Waals surface area contributed by atoms with Crippen molar-refractivity contribution in [2.24, 2.45) is 5.92 Å². The average Bonchev–Trinajstić information content (AvgIpc) is 2.91. The van der Waals surface area contributed by atoms with E-state index < -0.39 is 0 Å². The average molecular weight is 288 g/mol. The Morgan fingerprint density at radius 1 is 1.24 bits per heavy atom. The first-order valence-corrected chi connectivity index (χ1v) is 7.45. The molecule has 0 radical (unpaired) electrons. The molecule has 21 heavy (non-hydrogen) atoms. The van der Waals surface area contributed by atoms with Crippen molar-refractivity contribution in [2.45, 2.75) is 46.1 Å². The summed E-state index contributed by atoms with van der Waals surface area (Å²) in [5, 5.41) is 7.55. The fraction of sp³-hybridized carbons (Fsp3) is 0.533. The smallest absolute Gasteiger partial charge is 0.224 e. The molecule has 6 nitrogen and oxygen atoms in total. The van der Waals surface area contributed by atoms with Gasteiger partial charge in [0.1, 0.15) is 5.82 Å². The lowest BCUT2D eigenvalue weighted by Crippen LogP contribution is -2.17. The van der Waals surface area contributed by atoms with E-state index in [9.17, 15) is 0 Å². The molecule has 0 aliphatic heterocycles. The number of nitrogen functional groups attached to an aromatic ring is 1. The maximum absolute atomic E-state index is 5.78. The summed E-state index contributed by atoms with van der Waals surface area (Å²) in [6.45, 7) is 6.66. The number of anilines is 2. The second-order valence-corrected chi connectivity index (χ2v) is 5.79. The number of nitrogens with two attached hydrogens (primary N) is 1. The van der Waals surface area contributed by atoms with Crippen LogP contribution < -0.4 is 11.1 Å². The van der Waals surface area contributed by atoms with Crippen LogP contribution in [0.4, 0.5) is 11.8 Å². The molecular formula is C15H24N6. The third-order valence-electron chi connectivity index (χ3n) is 3.28. The van der Waals surface area contributed by atoms with Crippen molar-refractivity contribution in [3.63, 3.8) is 0 Å². The first-order chi connectivity index (χ1) is 10.0. The van der Waals surface area contributed by atoms with Gasteiger partial charge in [-0.3, -0.25) is 0 Å². The van der Waals surface area contributed by atoms with Gasteiger partial charge < -0.3 is 11.1 Å². The summed E-state index contributed by atoms with van der Waals surface area (Å²) >= 11 is 0. The fourth-order valence-electron chi connectivity index (χ4n) is 2.21. The van der Waals surface area contributed by atoms with Gasteiger partial charge in [0.2, 0.25) is 5.95 Å². The maximum Gasteiger partial charge on any atom is 0.224 e. The third kappa shape index (κ3) is 4.73. The summed E-state index contributed by atoms with van der Waals surface area (Å²) in [5.41, 5.74) is 5.78. The maximum atomic E-state index is 5.78. The lowest BCUT2D eigenvalue weighted by atomic mass is 10.0. The molecule has 0 saturated carbocycles. The number of aromatic nitrogens is 4. The normalized spacial score (nSPS) is 12.6. The summed E-state index contributed by atoms with van der Waals surface area (Å²) in [4.78, 5) is 8.44. The van der Waals surface area contributed by atoms with E-state index in [0.29, 0.717) is 11.9 Å². The molecule has 6 heteroatoms. The summed E-state index contributed by atoms with van der Waals surface area (Å²) in [5.74, 6) is 2.41. The number of rotatable bonds is 7. The second-order valence-electron chi connectivity index (χ2n) is 5.79. The minimum Gasteiger partial charge on any atom is -0.368 e.